The predicted octanol–water partition coefficient (Wildman–Crippen LogP) is 0.449. The maximum Gasteiger partial charge on any atom is 0.0492 e. The van der Waals surface area contributed by atoms with Gasteiger partial charge in [0.05, 0.1) is 0 Å². The second kappa shape index (κ2) is 2.34. The van der Waals surface area contributed by atoms with Crippen LogP contribution in [-0.4, -0.2) is 34.8 Å². The molecule has 0 bridgehead atoms. The summed E-state index contributed by atoms with van der Waals surface area (Å²) in [7, 11) is 4.15. The van der Waals surface area contributed by atoms with Gasteiger partial charge in [-0.3, -0.25) is 4.68 Å². The van der Waals surface area contributed by atoms with Crippen molar-refractivity contribution in [1.29, 1.82) is 0 Å². The van der Waals surface area contributed by atoms with E-state index in [4.69, 9.17) is 0 Å². The van der Waals surface area contributed by atoms with E-state index in [1.54, 1.807) is 0 Å². The van der Waals surface area contributed by atoms with Crippen LogP contribution in [-0.2, 0) is 7.05 Å². The maximum absolute atomic E-state index is 4.14. The molecule has 0 aliphatic carbocycles. The summed E-state index contributed by atoms with van der Waals surface area (Å²) in [5.74, 6) is 0.715. The van der Waals surface area contributed by atoms with Gasteiger partial charge in [0.1, 0.15) is 0 Å². The summed E-state index contributed by atoms with van der Waals surface area (Å²) >= 11 is 0. The number of rotatable bonds is 1. The SMILES string of the molecule is CN1CC(c2ccnn2C)C1. The highest BCUT2D eigenvalue weighted by atomic mass is 15.3. The van der Waals surface area contributed by atoms with Gasteiger partial charge in [0, 0.05) is 37.9 Å². The van der Waals surface area contributed by atoms with Crippen molar-refractivity contribution in [3.05, 3.63) is 18.0 Å². The van der Waals surface area contributed by atoms with Crippen LogP contribution in [0.15, 0.2) is 12.3 Å². The zero-order valence-electron chi connectivity index (χ0n) is 6.99. The third kappa shape index (κ3) is 1.05. The molecule has 0 aromatic carbocycles. The second-order valence-corrected chi connectivity index (χ2v) is 3.30. The molecule has 3 nitrogen and oxygen atoms in total. The van der Waals surface area contributed by atoms with Crippen molar-refractivity contribution >= 4 is 0 Å². The average molecular weight is 151 g/mol. The monoisotopic (exact) mass is 151 g/mol. The molecular formula is C8H13N3. The summed E-state index contributed by atoms with van der Waals surface area (Å²) in [6, 6.07) is 2.11. The van der Waals surface area contributed by atoms with Crippen LogP contribution in [0.5, 0.6) is 0 Å². The highest BCUT2D eigenvalue weighted by Crippen LogP contribution is 2.24. The molecule has 1 aliphatic rings. The number of likely N-dealkylation sites (tertiary alicyclic amines) is 1. The molecule has 0 amide bonds. The molecule has 1 aromatic rings. The smallest absolute Gasteiger partial charge is 0.0492 e. The Kier molecular flexibility index (Phi) is 1.46. The normalized spacial score (nSPS) is 20.2. The number of nitrogens with zero attached hydrogens (tertiary/aromatic N) is 3. The van der Waals surface area contributed by atoms with Crippen LogP contribution in [0, 0.1) is 0 Å². The van der Waals surface area contributed by atoms with E-state index in [0.29, 0.717) is 5.92 Å². The van der Waals surface area contributed by atoms with Crippen molar-refractivity contribution in [1.82, 2.24) is 14.7 Å². The second-order valence-electron chi connectivity index (χ2n) is 3.30. The van der Waals surface area contributed by atoms with E-state index in [1.807, 2.05) is 17.9 Å². The van der Waals surface area contributed by atoms with E-state index in [2.05, 4.69) is 23.1 Å². The van der Waals surface area contributed by atoms with Gasteiger partial charge in [0.15, 0.2) is 0 Å². The summed E-state index contributed by atoms with van der Waals surface area (Å²) in [5, 5.41) is 4.14. The number of likely N-dealkylation sites (N-methyl/N-ethyl adjacent to an activating group) is 1. The first-order valence-corrected chi connectivity index (χ1v) is 3.94. The van der Waals surface area contributed by atoms with Gasteiger partial charge in [-0.1, -0.05) is 0 Å². The Balaban J connectivity index is 2.12. The molecule has 1 saturated heterocycles. The zero-order chi connectivity index (χ0) is 7.84. The van der Waals surface area contributed by atoms with E-state index in [9.17, 15) is 0 Å². The van der Waals surface area contributed by atoms with E-state index >= 15 is 0 Å². The van der Waals surface area contributed by atoms with E-state index < -0.39 is 0 Å². The fourth-order valence-electron chi connectivity index (χ4n) is 1.67. The summed E-state index contributed by atoms with van der Waals surface area (Å²) in [6.07, 6.45) is 1.87. The first-order chi connectivity index (χ1) is 5.27. The molecule has 1 aromatic heterocycles. The Morgan fingerprint density at radius 1 is 1.45 bits per heavy atom. The van der Waals surface area contributed by atoms with Crippen LogP contribution >= 0.6 is 0 Å². The fourth-order valence-corrected chi connectivity index (χ4v) is 1.67. The van der Waals surface area contributed by atoms with Crippen LogP contribution in [0.1, 0.15) is 11.6 Å². The van der Waals surface area contributed by atoms with Gasteiger partial charge in [-0.2, -0.15) is 5.10 Å². The molecule has 0 atom stereocenters. The highest BCUT2D eigenvalue weighted by Gasteiger charge is 2.26. The third-order valence-electron chi connectivity index (χ3n) is 2.34. The van der Waals surface area contributed by atoms with Gasteiger partial charge in [-0.25, -0.2) is 0 Å². The van der Waals surface area contributed by atoms with Crippen molar-refractivity contribution in [2.75, 3.05) is 20.1 Å². The van der Waals surface area contributed by atoms with Crippen LogP contribution in [0.25, 0.3) is 0 Å². The molecule has 0 unspecified atom stereocenters. The molecule has 60 valence electrons. The highest BCUT2D eigenvalue weighted by molar-refractivity contribution is 5.12. The minimum absolute atomic E-state index is 0.715. The summed E-state index contributed by atoms with van der Waals surface area (Å²) < 4.78 is 1.97. The quantitative estimate of drug-likeness (QED) is 0.581. The fraction of sp³-hybridized carbons (Fsp3) is 0.625. The minimum atomic E-state index is 0.715. The largest absolute Gasteiger partial charge is 0.305 e. The standard InChI is InChI=1S/C8H13N3/c1-10-5-7(6-10)8-3-4-9-11(8)2/h3-4,7H,5-6H2,1-2H3. The van der Waals surface area contributed by atoms with E-state index in [-0.39, 0.29) is 0 Å². The van der Waals surface area contributed by atoms with Gasteiger partial charge in [-0.05, 0) is 13.1 Å². The Hall–Kier alpha value is -0.830. The van der Waals surface area contributed by atoms with Crippen molar-refractivity contribution in [3.63, 3.8) is 0 Å². The van der Waals surface area contributed by atoms with Gasteiger partial charge in [0.25, 0.3) is 0 Å². The van der Waals surface area contributed by atoms with Gasteiger partial charge in [-0.15, -0.1) is 0 Å². The third-order valence-corrected chi connectivity index (χ3v) is 2.34. The molecule has 0 radical (unpaired) electrons. The molecule has 0 N–H and O–H groups in total. The lowest BCUT2D eigenvalue weighted by Crippen LogP contribution is -2.42. The van der Waals surface area contributed by atoms with E-state index in [0.717, 1.165) is 0 Å². The van der Waals surface area contributed by atoms with Crippen molar-refractivity contribution in [3.8, 4) is 0 Å². The molecule has 2 rings (SSSR count). The number of hydrogen-bond donors (Lipinski definition) is 0. The predicted molar refractivity (Wildman–Crippen MR) is 43.4 cm³/mol. The zero-order valence-corrected chi connectivity index (χ0v) is 6.99. The maximum atomic E-state index is 4.14. The molecule has 2 heterocycles. The molecule has 11 heavy (non-hydrogen) atoms. The minimum Gasteiger partial charge on any atom is -0.305 e. The Bertz CT molecular complexity index is 248. The van der Waals surface area contributed by atoms with Crippen LogP contribution in [0.2, 0.25) is 0 Å². The summed E-state index contributed by atoms with van der Waals surface area (Å²) in [5.41, 5.74) is 1.36. The Labute approximate surface area is 66.6 Å². The molecular weight excluding hydrogens is 138 g/mol. The average Bonchev–Trinajstić information content (AvgIpc) is 2.29. The Morgan fingerprint density at radius 3 is 2.64 bits per heavy atom. The van der Waals surface area contributed by atoms with Gasteiger partial charge in [0.2, 0.25) is 0 Å². The first kappa shape index (κ1) is 6.85. The van der Waals surface area contributed by atoms with E-state index in [1.165, 1.54) is 18.8 Å². The van der Waals surface area contributed by atoms with Crippen molar-refractivity contribution in [2.24, 2.45) is 7.05 Å². The molecule has 3 heteroatoms. The Morgan fingerprint density at radius 2 is 2.18 bits per heavy atom. The van der Waals surface area contributed by atoms with Crippen LogP contribution in [0.4, 0.5) is 0 Å². The number of hydrogen-bond acceptors (Lipinski definition) is 2. The summed E-state index contributed by atoms with van der Waals surface area (Å²) in [4.78, 5) is 2.32. The van der Waals surface area contributed by atoms with Gasteiger partial charge < -0.3 is 4.90 Å². The van der Waals surface area contributed by atoms with Crippen molar-refractivity contribution < 1.29 is 0 Å². The van der Waals surface area contributed by atoms with Crippen LogP contribution in [0.3, 0.4) is 0 Å². The molecule has 0 spiro atoms. The molecule has 1 fully saturated rings. The topological polar surface area (TPSA) is 21.1 Å². The summed E-state index contributed by atoms with van der Waals surface area (Å²) in [6.45, 7) is 2.36. The van der Waals surface area contributed by atoms with Gasteiger partial charge >= 0.3 is 0 Å². The van der Waals surface area contributed by atoms with Crippen molar-refractivity contribution in [2.45, 2.75) is 5.92 Å². The first-order valence-electron chi connectivity index (χ1n) is 3.94. The lowest BCUT2D eigenvalue weighted by Gasteiger charge is -2.36. The number of aryl methyl sites for hydroxylation is 1. The van der Waals surface area contributed by atoms with Crippen LogP contribution < -0.4 is 0 Å². The lowest BCUT2D eigenvalue weighted by molar-refractivity contribution is 0.183. The number of aromatic nitrogens is 2. The molecule has 1 aliphatic heterocycles. The molecule has 0 saturated carbocycles. The lowest BCUT2D eigenvalue weighted by atomic mass is 9.97.